The van der Waals surface area contributed by atoms with Gasteiger partial charge in [-0.3, -0.25) is 0 Å². The number of oxazole rings is 2. The fourth-order valence-corrected chi connectivity index (χ4v) is 11.3. The van der Waals surface area contributed by atoms with Gasteiger partial charge in [-0.25, -0.2) is 9.97 Å². The molecule has 0 aliphatic heterocycles. The second kappa shape index (κ2) is 11.9. The van der Waals surface area contributed by atoms with E-state index < -0.39 is 5.41 Å². The van der Waals surface area contributed by atoms with E-state index in [0.717, 1.165) is 44.5 Å². The Morgan fingerprint density at radius 2 is 0.683 bits per heavy atom. The lowest BCUT2D eigenvalue weighted by Gasteiger charge is -2.33. The van der Waals surface area contributed by atoms with Gasteiger partial charge in [0, 0.05) is 11.1 Å². The fraction of sp³-hybridized carbons (Fsp3) is 0.0169. The Kier molecular flexibility index (Phi) is 6.32. The summed E-state index contributed by atoms with van der Waals surface area (Å²) >= 11 is 0. The Morgan fingerprint density at radius 1 is 0.317 bits per heavy atom. The number of fused-ring (bicyclic) bond motifs is 5. The molecule has 1 aliphatic rings. The first-order valence-electron chi connectivity index (χ1n) is 21.5. The lowest BCUT2D eigenvalue weighted by molar-refractivity contribution is 0.619. The highest BCUT2D eigenvalue weighted by atomic mass is 16.4. The van der Waals surface area contributed by atoms with Crippen LogP contribution in [0.4, 0.5) is 0 Å². The van der Waals surface area contributed by atoms with Crippen LogP contribution in [0, 0.1) is 0 Å². The molecule has 290 valence electrons. The predicted molar refractivity (Wildman–Crippen MR) is 257 cm³/mol. The van der Waals surface area contributed by atoms with E-state index in [1.807, 2.05) is 0 Å². The second-order valence-electron chi connectivity index (χ2n) is 17.3. The molecule has 0 N–H and O–H groups in total. The van der Waals surface area contributed by atoms with Crippen molar-refractivity contribution in [2.75, 3.05) is 0 Å². The first-order chi connectivity index (χ1) is 31.2. The molecule has 63 heavy (non-hydrogen) atoms. The fourth-order valence-electron chi connectivity index (χ4n) is 11.3. The SMILES string of the molecule is c1ccc2c(c1)-c1ccccc1C2(c1ccc2oc(-c3cc4ccc5cccc6ccc(c3)c4c56)nc2c1)c1ccc2oc(-c3cc4ccc5cccc6ccc(c3)c4c56)nc2c1. The van der Waals surface area contributed by atoms with E-state index in [-0.39, 0.29) is 0 Å². The smallest absolute Gasteiger partial charge is 0.227 e. The molecular weight excluding hydrogens is 769 g/mol. The summed E-state index contributed by atoms with van der Waals surface area (Å²) in [5.74, 6) is 1.22. The Labute approximate surface area is 360 Å². The molecule has 12 aromatic carbocycles. The molecular formula is C59H32N2O2. The predicted octanol–water partition coefficient (Wildman–Crippen LogP) is 15.5. The van der Waals surface area contributed by atoms with E-state index in [1.165, 1.54) is 86.9 Å². The van der Waals surface area contributed by atoms with Crippen LogP contribution in [0.3, 0.4) is 0 Å². The first-order valence-corrected chi connectivity index (χ1v) is 21.5. The van der Waals surface area contributed by atoms with Gasteiger partial charge in [-0.1, -0.05) is 146 Å². The Hall–Kier alpha value is -8.34. The zero-order chi connectivity index (χ0) is 41.0. The van der Waals surface area contributed by atoms with E-state index in [1.54, 1.807) is 0 Å². The summed E-state index contributed by atoms with van der Waals surface area (Å²) < 4.78 is 13.2. The summed E-state index contributed by atoms with van der Waals surface area (Å²) in [6.07, 6.45) is 0. The Morgan fingerprint density at radius 3 is 1.10 bits per heavy atom. The third-order valence-electron chi connectivity index (χ3n) is 14.0. The van der Waals surface area contributed by atoms with Crippen molar-refractivity contribution in [2.24, 2.45) is 0 Å². The molecule has 2 aromatic heterocycles. The topological polar surface area (TPSA) is 52.1 Å². The monoisotopic (exact) mass is 800 g/mol. The normalized spacial score (nSPS) is 13.5. The van der Waals surface area contributed by atoms with Crippen molar-refractivity contribution < 1.29 is 8.83 Å². The van der Waals surface area contributed by atoms with E-state index >= 15 is 0 Å². The molecule has 0 saturated carbocycles. The average molecular weight is 801 g/mol. The highest BCUT2D eigenvalue weighted by Crippen LogP contribution is 2.57. The van der Waals surface area contributed by atoms with Crippen molar-refractivity contribution in [3.63, 3.8) is 0 Å². The lowest BCUT2D eigenvalue weighted by atomic mass is 9.67. The van der Waals surface area contributed by atoms with Gasteiger partial charge in [0.15, 0.2) is 11.2 Å². The maximum absolute atomic E-state index is 6.61. The molecule has 0 spiro atoms. The lowest BCUT2D eigenvalue weighted by Crippen LogP contribution is -2.28. The van der Waals surface area contributed by atoms with Gasteiger partial charge in [0.25, 0.3) is 0 Å². The highest BCUT2D eigenvalue weighted by molar-refractivity contribution is 6.25. The standard InChI is InChI=1S/C59H32N2O2/c1-3-13-47-45(11-1)46-12-2-4-14-48(46)59(47,43-23-25-51-49(31-43)60-57(62-51)41-27-37-19-15-33-7-5-8-34-16-20-38(28-41)55(37)53(33)34)44-24-26-52-50(32-44)61-58(63-52)42-29-39-21-17-35-9-6-10-36-18-22-40(30-42)56(39)54(35)36/h1-32H. The molecule has 4 nitrogen and oxygen atoms in total. The maximum Gasteiger partial charge on any atom is 0.227 e. The van der Waals surface area contributed by atoms with Gasteiger partial charge in [0.05, 0.1) is 5.41 Å². The third-order valence-corrected chi connectivity index (χ3v) is 14.0. The molecule has 4 heteroatoms. The van der Waals surface area contributed by atoms with Crippen LogP contribution in [0.2, 0.25) is 0 Å². The molecule has 0 atom stereocenters. The molecule has 0 unspecified atom stereocenters. The van der Waals surface area contributed by atoms with E-state index in [4.69, 9.17) is 18.8 Å². The number of nitrogens with zero attached hydrogens (tertiary/aromatic N) is 2. The molecule has 15 rings (SSSR count). The first kappa shape index (κ1) is 33.4. The van der Waals surface area contributed by atoms with Crippen LogP contribution in [0.1, 0.15) is 22.3 Å². The molecule has 0 amide bonds. The third kappa shape index (κ3) is 4.44. The van der Waals surface area contributed by atoms with Gasteiger partial charge in [-0.15, -0.1) is 0 Å². The molecule has 2 heterocycles. The summed E-state index contributed by atoms with van der Waals surface area (Å²) in [7, 11) is 0. The van der Waals surface area contributed by atoms with Crippen LogP contribution in [-0.4, -0.2) is 9.97 Å². The van der Waals surface area contributed by atoms with E-state index in [9.17, 15) is 0 Å². The van der Waals surface area contributed by atoms with Gasteiger partial charge in [0.2, 0.25) is 11.8 Å². The van der Waals surface area contributed by atoms with Gasteiger partial charge < -0.3 is 8.83 Å². The van der Waals surface area contributed by atoms with Gasteiger partial charge in [0.1, 0.15) is 11.0 Å². The van der Waals surface area contributed by atoms with Crippen molar-refractivity contribution in [1.82, 2.24) is 9.97 Å². The largest absolute Gasteiger partial charge is 0.436 e. The Balaban J connectivity index is 0.904. The number of hydrogen-bond donors (Lipinski definition) is 0. The van der Waals surface area contributed by atoms with Gasteiger partial charge >= 0.3 is 0 Å². The van der Waals surface area contributed by atoms with Gasteiger partial charge in [-0.2, -0.15) is 0 Å². The average Bonchev–Trinajstić information content (AvgIpc) is 4.05. The minimum absolute atomic E-state index is 0.609. The minimum Gasteiger partial charge on any atom is -0.436 e. The summed E-state index contributed by atoms with van der Waals surface area (Å²) in [6.45, 7) is 0. The summed E-state index contributed by atoms with van der Waals surface area (Å²) in [5.41, 5.74) is 11.5. The molecule has 14 aromatic rings. The highest BCUT2D eigenvalue weighted by Gasteiger charge is 2.46. The van der Waals surface area contributed by atoms with Crippen LogP contribution < -0.4 is 0 Å². The zero-order valence-electron chi connectivity index (χ0n) is 33.7. The van der Waals surface area contributed by atoms with Crippen LogP contribution in [0.25, 0.3) is 121 Å². The number of aromatic nitrogens is 2. The minimum atomic E-state index is -0.666. The quantitative estimate of drug-likeness (QED) is 0.166. The van der Waals surface area contributed by atoms with Crippen molar-refractivity contribution >= 4 is 86.8 Å². The number of hydrogen-bond acceptors (Lipinski definition) is 4. The molecule has 0 bridgehead atoms. The van der Waals surface area contributed by atoms with Crippen molar-refractivity contribution in [2.45, 2.75) is 5.41 Å². The molecule has 0 radical (unpaired) electrons. The second-order valence-corrected chi connectivity index (χ2v) is 17.3. The van der Waals surface area contributed by atoms with Crippen LogP contribution in [0.5, 0.6) is 0 Å². The molecule has 0 saturated heterocycles. The van der Waals surface area contributed by atoms with Crippen molar-refractivity contribution in [3.05, 3.63) is 216 Å². The van der Waals surface area contributed by atoms with Crippen molar-refractivity contribution in [1.29, 1.82) is 0 Å². The van der Waals surface area contributed by atoms with Crippen LogP contribution in [0.15, 0.2) is 203 Å². The number of benzene rings is 12. The molecule has 1 aliphatic carbocycles. The maximum atomic E-state index is 6.61. The summed E-state index contributed by atoms with van der Waals surface area (Å²) in [5, 5.41) is 14.9. The van der Waals surface area contributed by atoms with Gasteiger partial charge in [-0.05, 0) is 147 Å². The van der Waals surface area contributed by atoms with Crippen LogP contribution in [-0.2, 0) is 5.41 Å². The summed E-state index contributed by atoms with van der Waals surface area (Å²) in [4.78, 5) is 10.5. The Bertz CT molecular complexity index is 3830. The molecule has 0 fully saturated rings. The summed E-state index contributed by atoms with van der Waals surface area (Å²) in [6, 6.07) is 70.3. The van der Waals surface area contributed by atoms with Crippen molar-refractivity contribution in [3.8, 4) is 34.0 Å². The zero-order valence-corrected chi connectivity index (χ0v) is 33.7. The van der Waals surface area contributed by atoms with E-state index in [2.05, 4.69) is 194 Å². The van der Waals surface area contributed by atoms with Crippen LogP contribution >= 0.6 is 0 Å². The number of rotatable bonds is 4. The van der Waals surface area contributed by atoms with E-state index in [0.29, 0.717) is 11.8 Å².